The number of hydrogen-bond donors (Lipinski definition) is 1. The molecule has 1 unspecified atom stereocenters. The summed E-state index contributed by atoms with van der Waals surface area (Å²) in [6.07, 6.45) is 12.6. The summed E-state index contributed by atoms with van der Waals surface area (Å²) in [4.78, 5) is 26.9. The highest BCUT2D eigenvalue weighted by Gasteiger charge is 2.36. The van der Waals surface area contributed by atoms with Crippen LogP contribution in [-0.2, 0) is 21.4 Å². The van der Waals surface area contributed by atoms with Gasteiger partial charge in [0.2, 0.25) is 5.84 Å². The zero-order chi connectivity index (χ0) is 21.7. The Bertz CT molecular complexity index is 734. The zero-order valence-corrected chi connectivity index (χ0v) is 18.7. The molecule has 3 rings (SSSR count). The average Bonchev–Trinajstić information content (AvgIpc) is 3.25. The summed E-state index contributed by atoms with van der Waals surface area (Å²) >= 11 is 0. The van der Waals surface area contributed by atoms with Gasteiger partial charge >= 0.3 is 5.97 Å². The highest BCUT2D eigenvalue weighted by atomic mass is 16.9. The van der Waals surface area contributed by atoms with E-state index in [0.29, 0.717) is 11.1 Å². The molecule has 2 heterocycles. The number of rotatable bonds is 8. The molecular formula is C22H36N4O4. The van der Waals surface area contributed by atoms with Crippen molar-refractivity contribution in [3.8, 4) is 0 Å². The SMILES string of the molecule is Cn1ccnc1C1=NC([C@H](CCCC2CCCCC2)CC(=O)OC(C)(C)C)ON1O. The molecule has 0 amide bonds. The van der Waals surface area contributed by atoms with E-state index in [-0.39, 0.29) is 24.1 Å². The second-order valence-corrected chi connectivity index (χ2v) is 9.57. The summed E-state index contributed by atoms with van der Waals surface area (Å²) in [6.45, 7) is 5.59. The van der Waals surface area contributed by atoms with E-state index in [1.165, 1.54) is 32.1 Å². The van der Waals surface area contributed by atoms with Gasteiger partial charge in [0.25, 0.3) is 0 Å². The van der Waals surface area contributed by atoms with Crippen molar-refractivity contribution in [3.63, 3.8) is 0 Å². The van der Waals surface area contributed by atoms with Crippen LogP contribution in [0.15, 0.2) is 17.4 Å². The van der Waals surface area contributed by atoms with Gasteiger partial charge in [-0.15, -0.1) is 5.23 Å². The minimum absolute atomic E-state index is 0.171. The number of esters is 1. The molecule has 1 aliphatic carbocycles. The van der Waals surface area contributed by atoms with Crippen molar-refractivity contribution >= 4 is 11.8 Å². The number of hydrogen-bond acceptors (Lipinski definition) is 7. The first-order valence-electron chi connectivity index (χ1n) is 11.2. The lowest BCUT2D eigenvalue weighted by molar-refractivity contribution is -0.299. The average molecular weight is 421 g/mol. The molecule has 8 heteroatoms. The third-order valence-corrected chi connectivity index (χ3v) is 5.82. The maximum atomic E-state index is 12.5. The number of imidazole rings is 1. The predicted octanol–water partition coefficient (Wildman–Crippen LogP) is 4.23. The van der Waals surface area contributed by atoms with Gasteiger partial charge in [0.05, 0.1) is 6.42 Å². The number of amidine groups is 1. The second kappa shape index (κ2) is 9.92. The molecule has 0 spiro atoms. The van der Waals surface area contributed by atoms with Crippen LogP contribution in [0.2, 0.25) is 0 Å². The predicted molar refractivity (Wildman–Crippen MR) is 113 cm³/mol. The van der Waals surface area contributed by atoms with E-state index in [1.807, 2.05) is 27.8 Å². The maximum Gasteiger partial charge on any atom is 0.306 e. The van der Waals surface area contributed by atoms with Crippen LogP contribution in [0, 0.1) is 11.8 Å². The number of carbonyl (C=O) groups excluding carboxylic acids is 1. The summed E-state index contributed by atoms with van der Waals surface area (Å²) in [5.41, 5.74) is -0.537. The topological polar surface area (TPSA) is 89.2 Å². The zero-order valence-electron chi connectivity index (χ0n) is 18.7. The summed E-state index contributed by atoms with van der Waals surface area (Å²) in [5.74, 6) is 1.12. The molecule has 8 nitrogen and oxygen atoms in total. The number of aryl methyl sites for hydroxylation is 1. The Morgan fingerprint density at radius 2 is 2.07 bits per heavy atom. The molecule has 2 aliphatic rings. The number of hydroxylamine groups is 2. The Morgan fingerprint density at radius 3 is 2.70 bits per heavy atom. The molecule has 2 atom stereocenters. The smallest absolute Gasteiger partial charge is 0.306 e. The van der Waals surface area contributed by atoms with Crippen molar-refractivity contribution in [2.75, 3.05) is 0 Å². The van der Waals surface area contributed by atoms with E-state index in [2.05, 4.69) is 9.98 Å². The highest BCUT2D eigenvalue weighted by Crippen LogP contribution is 2.32. The van der Waals surface area contributed by atoms with Gasteiger partial charge in [0.15, 0.2) is 12.1 Å². The van der Waals surface area contributed by atoms with Crippen molar-refractivity contribution < 1.29 is 19.6 Å². The van der Waals surface area contributed by atoms with Crippen LogP contribution in [0.5, 0.6) is 0 Å². The van der Waals surface area contributed by atoms with Gasteiger partial charge in [0, 0.05) is 25.4 Å². The fourth-order valence-electron chi connectivity index (χ4n) is 4.35. The van der Waals surface area contributed by atoms with Gasteiger partial charge in [-0.25, -0.2) is 14.8 Å². The van der Waals surface area contributed by atoms with Gasteiger partial charge < -0.3 is 9.30 Å². The molecule has 1 aliphatic heterocycles. The second-order valence-electron chi connectivity index (χ2n) is 9.57. The molecule has 0 aromatic carbocycles. The van der Waals surface area contributed by atoms with E-state index in [9.17, 15) is 10.0 Å². The number of aromatic nitrogens is 2. The summed E-state index contributed by atoms with van der Waals surface area (Å²) in [6, 6.07) is 0. The Labute approximate surface area is 179 Å². The van der Waals surface area contributed by atoms with E-state index >= 15 is 0 Å². The standard InChI is InChI=1S/C22H36N4O4/c1-22(2,3)29-18(27)15-17(12-8-11-16-9-6-5-7-10-16)21-24-20(26(28)30-21)19-23-13-14-25(19)4/h13-14,16-17,21,28H,5-12,15H2,1-4H3/t17-,21?/m1/s1. The van der Waals surface area contributed by atoms with Crippen molar-refractivity contribution in [1.29, 1.82) is 0 Å². The molecule has 0 radical (unpaired) electrons. The first-order chi connectivity index (χ1) is 14.2. The van der Waals surface area contributed by atoms with Crippen LogP contribution in [0.3, 0.4) is 0 Å². The van der Waals surface area contributed by atoms with Gasteiger partial charge in [-0.2, -0.15) is 0 Å². The van der Waals surface area contributed by atoms with Crippen LogP contribution < -0.4 is 0 Å². The Hall–Kier alpha value is -1.93. The van der Waals surface area contributed by atoms with Gasteiger partial charge in [-0.1, -0.05) is 44.9 Å². The summed E-state index contributed by atoms with van der Waals surface area (Å²) in [7, 11) is 1.83. The van der Waals surface area contributed by atoms with Gasteiger partial charge in [-0.05, 0) is 33.1 Å². The Morgan fingerprint density at radius 1 is 1.33 bits per heavy atom. The van der Waals surface area contributed by atoms with Crippen LogP contribution >= 0.6 is 0 Å². The quantitative estimate of drug-likeness (QED) is 0.633. The molecule has 1 N–H and O–H groups in total. The van der Waals surface area contributed by atoms with E-state index < -0.39 is 11.8 Å². The lowest BCUT2D eigenvalue weighted by atomic mass is 9.84. The monoisotopic (exact) mass is 420 g/mol. The normalized spacial score (nSPS) is 21.6. The number of aliphatic imine (C=N–C) groups is 1. The molecule has 1 aromatic rings. The van der Waals surface area contributed by atoms with E-state index in [1.54, 1.807) is 17.0 Å². The van der Waals surface area contributed by atoms with Crippen molar-refractivity contribution in [2.45, 2.75) is 90.4 Å². The molecule has 0 saturated heterocycles. The molecule has 168 valence electrons. The molecule has 1 saturated carbocycles. The third kappa shape index (κ3) is 6.28. The Kier molecular flexibility index (Phi) is 7.52. The minimum atomic E-state index is -0.638. The molecule has 1 aromatic heterocycles. The van der Waals surface area contributed by atoms with Crippen LogP contribution in [0.1, 0.15) is 84.4 Å². The van der Waals surface area contributed by atoms with Crippen molar-refractivity contribution in [2.24, 2.45) is 23.9 Å². The lowest BCUT2D eigenvalue weighted by Gasteiger charge is -2.25. The van der Waals surface area contributed by atoms with Crippen LogP contribution in [-0.4, -0.2) is 43.6 Å². The number of carbonyl (C=O) groups is 1. The lowest BCUT2D eigenvalue weighted by Crippen LogP contribution is -2.31. The molecule has 1 fully saturated rings. The Balaban J connectivity index is 1.67. The maximum absolute atomic E-state index is 12.5. The number of nitrogens with zero attached hydrogens (tertiary/aromatic N) is 4. The minimum Gasteiger partial charge on any atom is -0.460 e. The van der Waals surface area contributed by atoms with E-state index in [4.69, 9.17) is 9.57 Å². The fraction of sp³-hybridized carbons (Fsp3) is 0.773. The van der Waals surface area contributed by atoms with Crippen molar-refractivity contribution in [3.05, 3.63) is 18.2 Å². The molecular weight excluding hydrogens is 384 g/mol. The van der Waals surface area contributed by atoms with Gasteiger partial charge in [-0.3, -0.25) is 10.0 Å². The molecule has 0 bridgehead atoms. The first-order valence-corrected chi connectivity index (χ1v) is 11.2. The van der Waals surface area contributed by atoms with Crippen LogP contribution in [0.4, 0.5) is 0 Å². The van der Waals surface area contributed by atoms with Crippen molar-refractivity contribution in [1.82, 2.24) is 14.8 Å². The largest absolute Gasteiger partial charge is 0.460 e. The number of ether oxygens (including phenoxy) is 1. The van der Waals surface area contributed by atoms with Crippen LogP contribution in [0.25, 0.3) is 0 Å². The highest BCUT2D eigenvalue weighted by molar-refractivity contribution is 5.95. The summed E-state index contributed by atoms with van der Waals surface area (Å²) in [5, 5.41) is 10.9. The van der Waals surface area contributed by atoms with Gasteiger partial charge in [0.1, 0.15) is 5.60 Å². The fourth-order valence-corrected chi connectivity index (χ4v) is 4.35. The molecule has 30 heavy (non-hydrogen) atoms. The van der Waals surface area contributed by atoms with E-state index in [0.717, 1.165) is 25.2 Å². The first kappa shape index (κ1) is 22.7. The summed E-state index contributed by atoms with van der Waals surface area (Å²) < 4.78 is 7.30. The third-order valence-electron chi connectivity index (χ3n) is 5.82.